The van der Waals surface area contributed by atoms with Gasteiger partial charge in [0, 0.05) is 17.0 Å². The number of aldehydes is 1. The molecule has 2 rings (SSSR count). The Morgan fingerprint density at radius 2 is 1.86 bits per heavy atom. The van der Waals surface area contributed by atoms with Crippen molar-refractivity contribution in [2.75, 3.05) is 7.11 Å². The highest BCUT2D eigenvalue weighted by atomic mass is 35.5. The summed E-state index contributed by atoms with van der Waals surface area (Å²) in [5.41, 5.74) is 1.29. The second-order valence-electron chi connectivity index (χ2n) is 4.59. The van der Waals surface area contributed by atoms with Crippen molar-refractivity contribution in [3.05, 3.63) is 64.7 Å². The van der Waals surface area contributed by atoms with Crippen LogP contribution in [0.1, 0.15) is 17.0 Å². The van der Waals surface area contributed by atoms with Crippen LogP contribution in [0.4, 0.5) is 0 Å². The number of hydrogen-bond donors (Lipinski definition) is 0. The van der Waals surface area contributed by atoms with E-state index in [-0.39, 0.29) is 12.2 Å². The average molecular weight is 303 g/mol. The number of ether oxygens (including phenoxy) is 1. The Balaban J connectivity index is 2.27. The van der Waals surface area contributed by atoms with Crippen molar-refractivity contribution in [1.82, 2.24) is 0 Å². The first kappa shape index (κ1) is 15.3. The van der Waals surface area contributed by atoms with Crippen LogP contribution in [0, 0.1) is 0 Å². The number of methoxy groups -OCH3 is 1. The van der Waals surface area contributed by atoms with Gasteiger partial charge in [0.05, 0.1) is 7.11 Å². The topological polar surface area (TPSA) is 43.4 Å². The zero-order valence-corrected chi connectivity index (χ0v) is 12.3. The van der Waals surface area contributed by atoms with Crippen LogP contribution in [0.3, 0.4) is 0 Å². The first-order valence-electron chi connectivity index (χ1n) is 6.51. The third-order valence-electron chi connectivity index (χ3n) is 3.28. The SMILES string of the molecule is COc1ccccc1C(C=O)C(=O)Cc1ccccc1Cl. The van der Waals surface area contributed by atoms with Gasteiger partial charge in [-0.05, 0) is 17.7 Å². The molecule has 0 radical (unpaired) electrons. The molecule has 2 aromatic carbocycles. The molecule has 0 spiro atoms. The second kappa shape index (κ2) is 7.04. The molecule has 0 aliphatic carbocycles. The summed E-state index contributed by atoms with van der Waals surface area (Å²) in [6, 6.07) is 14.1. The van der Waals surface area contributed by atoms with Crippen LogP contribution in [0.25, 0.3) is 0 Å². The molecule has 0 heterocycles. The van der Waals surface area contributed by atoms with Gasteiger partial charge in [-0.15, -0.1) is 0 Å². The fourth-order valence-electron chi connectivity index (χ4n) is 2.19. The Morgan fingerprint density at radius 1 is 1.19 bits per heavy atom. The number of ketones is 1. The van der Waals surface area contributed by atoms with Crippen molar-refractivity contribution in [3.8, 4) is 5.75 Å². The summed E-state index contributed by atoms with van der Waals surface area (Å²) < 4.78 is 5.22. The smallest absolute Gasteiger partial charge is 0.152 e. The molecule has 0 saturated carbocycles. The number of hydrogen-bond acceptors (Lipinski definition) is 3. The predicted octanol–water partition coefficient (Wildman–Crippen LogP) is 3.44. The Bertz CT molecular complexity index is 652. The summed E-state index contributed by atoms with van der Waals surface area (Å²) in [6.07, 6.45) is 0.762. The molecule has 1 atom stereocenters. The van der Waals surface area contributed by atoms with Gasteiger partial charge >= 0.3 is 0 Å². The van der Waals surface area contributed by atoms with Crippen LogP contribution in [0.5, 0.6) is 5.75 Å². The Hall–Kier alpha value is -2.13. The van der Waals surface area contributed by atoms with E-state index in [0.29, 0.717) is 28.2 Å². The minimum absolute atomic E-state index is 0.112. The predicted molar refractivity (Wildman–Crippen MR) is 82.0 cm³/mol. The number of Topliss-reactive ketones (excluding diaryl/α,β-unsaturated/α-hetero) is 1. The van der Waals surface area contributed by atoms with Gasteiger partial charge in [-0.2, -0.15) is 0 Å². The average Bonchev–Trinajstić information content (AvgIpc) is 2.51. The molecule has 0 aliphatic rings. The number of halogens is 1. The van der Waals surface area contributed by atoms with E-state index in [4.69, 9.17) is 16.3 Å². The van der Waals surface area contributed by atoms with E-state index in [2.05, 4.69) is 0 Å². The third kappa shape index (κ3) is 3.50. The highest BCUT2D eigenvalue weighted by molar-refractivity contribution is 6.31. The summed E-state index contributed by atoms with van der Waals surface area (Å²) in [7, 11) is 1.51. The molecule has 3 nitrogen and oxygen atoms in total. The van der Waals surface area contributed by atoms with E-state index in [1.807, 2.05) is 6.07 Å². The molecule has 21 heavy (non-hydrogen) atoms. The molecular formula is C17H15ClO3. The zero-order chi connectivity index (χ0) is 15.2. The van der Waals surface area contributed by atoms with Gasteiger partial charge < -0.3 is 9.53 Å². The van der Waals surface area contributed by atoms with Crippen molar-refractivity contribution < 1.29 is 14.3 Å². The molecule has 0 saturated heterocycles. The number of carbonyl (C=O) groups is 2. The van der Waals surface area contributed by atoms with Crippen LogP contribution in [0.15, 0.2) is 48.5 Å². The fourth-order valence-corrected chi connectivity index (χ4v) is 2.39. The fraction of sp³-hybridized carbons (Fsp3) is 0.176. The van der Waals surface area contributed by atoms with E-state index in [1.165, 1.54) is 7.11 Å². The van der Waals surface area contributed by atoms with Crippen molar-refractivity contribution in [2.45, 2.75) is 12.3 Å². The number of rotatable bonds is 6. The maximum Gasteiger partial charge on any atom is 0.152 e. The summed E-state index contributed by atoms with van der Waals surface area (Å²) in [6.45, 7) is 0. The minimum Gasteiger partial charge on any atom is -0.496 e. The number of benzene rings is 2. The first-order chi connectivity index (χ1) is 10.2. The van der Waals surface area contributed by atoms with Gasteiger partial charge in [-0.25, -0.2) is 0 Å². The van der Waals surface area contributed by atoms with E-state index >= 15 is 0 Å². The molecule has 2 aromatic rings. The number of carbonyl (C=O) groups excluding carboxylic acids is 2. The van der Waals surface area contributed by atoms with Crippen molar-refractivity contribution in [1.29, 1.82) is 0 Å². The number of para-hydroxylation sites is 1. The maximum atomic E-state index is 12.4. The molecule has 0 fully saturated rings. The molecule has 4 heteroatoms. The normalized spacial score (nSPS) is 11.7. The molecule has 0 aliphatic heterocycles. The summed E-state index contributed by atoms with van der Waals surface area (Å²) >= 11 is 6.06. The molecule has 0 bridgehead atoms. The molecule has 0 N–H and O–H groups in total. The van der Waals surface area contributed by atoms with Crippen LogP contribution >= 0.6 is 11.6 Å². The lowest BCUT2D eigenvalue weighted by Crippen LogP contribution is -2.17. The summed E-state index contributed by atoms with van der Waals surface area (Å²) in [5.74, 6) is -0.526. The Kier molecular flexibility index (Phi) is 5.12. The highest BCUT2D eigenvalue weighted by Crippen LogP contribution is 2.27. The van der Waals surface area contributed by atoms with Crippen molar-refractivity contribution in [2.24, 2.45) is 0 Å². The zero-order valence-electron chi connectivity index (χ0n) is 11.6. The van der Waals surface area contributed by atoms with Crippen molar-refractivity contribution in [3.63, 3.8) is 0 Å². The van der Waals surface area contributed by atoms with Gasteiger partial charge in [0.15, 0.2) is 5.78 Å². The van der Waals surface area contributed by atoms with Gasteiger partial charge in [0.2, 0.25) is 0 Å². The monoisotopic (exact) mass is 302 g/mol. The van der Waals surface area contributed by atoms with Gasteiger partial charge in [-0.1, -0.05) is 48.0 Å². The first-order valence-corrected chi connectivity index (χ1v) is 6.89. The largest absolute Gasteiger partial charge is 0.496 e. The van der Waals surface area contributed by atoms with Gasteiger partial charge in [0.1, 0.15) is 18.0 Å². The molecule has 0 aromatic heterocycles. The van der Waals surface area contributed by atoms with Crippen LogP contribution in [-0.4, -0.2) is 19.2 Å². The Morgan fingerprint density at radius 3 is 2.52 bits per heavy atom. The lowest BCUT2D eigenvalue weighted by molar-refractivity contribution is -0.123. The van der Waals surface area contributed by atoms with E-state index < -0.39 is 5.92 Å². The van der Waals surface area contributed by atoms with E-state index in [0.717, 1.165) is 0 Å². The lowest BCUT2D eigenvalue weighted by Gasteiger charge is -2.14. The molecule has 1 unspecified atom stereocenters. The summed E-state index contributed by atoms with van der Waals surface area (Å²) in [5, 5.41) is 0.524. The van der Waals surface area contributed by atoms with Crippen molar-refractivity contribution >= 4 is 23.7 Å². The maximum absolute atomic E-state index is 12.4. The second-order valence-corrected chi connectivity index (χ2v) is 5.00. The molecular weight excluding hydrogens is 288 g/mol. The van der Waals surface area contributed by atoms with Crippen LogP contribution in [-0.2, 0) is 16.0 Å². The van der Waals surface area contributed by atoms with E-state index in [1.54, 1.807) is 42.5 Å². The quantitative estimate of drug-likeness (QED) is 0.606. The standard InChI is InChI=1S/C17H15ClO3/c1-21-17-9-5-3-7-13(17)14(11-19)16(20)10-12-6-2-4-8-15(12)18/h2-9,11,14H,10H2,1H3. The van der Waals surface area contributed by atoms with Gasteiger partial charge in [0.25, 0.3) is 0 Å². The summed E-state index contributed by atoms with van der Waals surface area (Å²) in [4.78, 5) is 23.8. The van der Waals surface area contributed by atoms with Crippen LogP contribution in [0.2, 0.25) is 5.02 Å². The Labute approximate surface area is 128 Å². The molecule has 0 amide bonds. The van der Waals surface area contributed by atoms with Crippen LogP contribution < -0.4 is 4.74 Å². The van der Waals surface area contributed by atoms with Gasteiger partial charge in [-0.3, -0.25) is 4.79 Å². The highest BCUT2D eigenvalue weighted by Gasteiger charge is 2.23. The lowest BCUT2D eigenvalue weighted by atomic mass is 9.91. The van der Waals surface area contributed by atoms with E-state index in [9.17, 15) is 9.59 Å². The minimum atomic E-state index is -0.850. The molecule has 108 valence electrons. The third-order valence-corrected chi connectivity index (χ3v) is 3.65.